The molecular weight excluding hydrogens is 218 g/mol. The summed E-state index contributed by atoms with van der Waals surface area (Å²) in [7, 11) is 0. The smallest absolute Gasteiger partial charge is 0.410 e. The van der Waals surface area contributed by atoms with Crippen molar-refractivity contribution in [3.05, 3.63) is 0 Å². The molecule has 1 amide bonds. The molecule has 0 aromatic carbocycles. The lowest BCUT2D eigenvalue weighted by atomic mass is 9.99. The van der Waals surface area contributed by atoms with Crippen molar-refractivity contribution in [2.75, 3.05) is 6.61 Å². The first kappa shape index (κ1) is 12.7. The first-order chi connectivity index (χ1) is 7.92. The van der Waals surface area contributed by atoms with Crippen LogP contribution in [0, 0.1) is 5.92 Å². The molecule has 2 rings (SSSR count). The number of carbonyl (C=O) groups excluding carboxylic acids is 1. The number of aliphatic hydroxyl groups is 1. The normalized spacial score (nSPS) is 32.7. The molecule has 2 aliphatic heterocycles. The Kier molecular flexibility index (Phi) is 3.34. The van der Waals surface area contributed by atoms with Crippen LogP contribution in [0.15, 0.2) is 0 Å². The molecule has 2 fully saturated rings. The molecule has 2 saturated heterocycles. The highest BCUT2D eigenvalue weighted by Crippen LogP contribution is 2.40. The molecular formula is C13H23NO3. The standard InChI is InChI=1S/C13H23NO3/c1-13(2,3)17-12(16)14-10-5-4-6-11(14)9(7-10)8-15/h9-11,15H,4-8H2,1-3H3/t9-,10+,11-/m1/s1. The summed E-state index contributed by atoms with van der Waals surface area (Å²) in [6.45, 7) is 5.85. The van der Waals surface area contributed by atoms with Crippen molar-refractivity contribution >= 4 is 6.09 Å². The summed E-state index contributed by atoms with van der Waals surface area (Å²) in [4.78, 5) is 14.0. The van der Waals surface area contributed by atoms with E-state index < -0.39 is 5.60 Å². The fourth-order valence-electron chi connectivity index (χ4n) is 3.11. The van der Waals surface area contributed by atoms with Crippen molar-refractivity contribution in [3.63, 3.8) is 0 Å². The zero-order valence-corrected chi connectivity index (χ0v) is 11.0. The lowest BCUT2D eigenvalue weighted by Crippen LogP contribution is -2.47. The minimum absolute atomic E-state index is 0.181. The van der Waals surface area contributed by atoms with Gasteiger partial charge in [0, 0.05) is 24.6 Å². The number of amides is 1. The molecule has 1 N–H and O–H groups in total. The van der Waals surface area contributed by atoms with E-state index >= 15 is 0 Å². The maximum atomic E-state index is 12.2. The predicted octanol–water partition coefficient (Wildman–Crippen LogP) is 2.16. The highest BCUT2D eigenvalue weighted by molar-refractivity contribution is 5.69. The molecule has 17 heavy (non-hydrogen) atoms. The lowest BCUT2D eigenvalue weighted by Gasteiger charge is -2.36. The first-order valence-corrected chi connectivity index (χ1v) is 6.54. The highest BCUT2D eigenvalue weighted by atomic mass is 16.6. The van der Waals surface area contributed by atoms with E-state index in [0.717, 1.165) is 25.7 Å². The Morgan fingerprint density at radius 3 is 2.71 bits per heavy atom. The van der Waals surface area contributed by atoms with Gasteiger partial charge in [-0.1, -0.05) is 0 Å². The molecule has 0 aromatic heterocycles. The number of hydrogen-bond acceptors (Lipinski definition) is 3. The van der Waals surface area contributed by atoms with Gasteiger partial charge in [0.05, 0.1) is 0 Å². The molecule has 98 valence electrons. The summed E-state index contributed by atoms with van der Waals surface area (Å²) >= 11 is 0. The average Bonchev–Trinajstić information content (AvgIpc) is 2.43. The number of hydrogen-bond donors (Lipinski definition) is 1. The van der Waals surface area contributed by atoms with Gasteiger partial charge in [-0.15, -0.1) is 0 Å². The zero-order valence-electron chi connectivity index (χ0n) is 11.0. The molecule has 3 atom stereocenters. The van der Waals surface area contributed by atoms with Gasteiger partial charge in [-0.2, -0.15) is 0 Å². The monoisotopic (exact) mass is 241 g/mol. The average molecular weight is 241 g/mol. The van der Waals surface area contributed by atoms with Crippen LogP contribution in [0.5, 0.6) is 0 Å². The van der Waals surface area contributed by atoms with Gasteiger partial charge in [-0.05, 0) is 46.5 Å². The molecule has 0 unspecified atom stereocenters. The minimum atomic E-state index is -0.442. The van der Waals surface area contributed by atoms with E-state index in [1.54, 1.807) is 0 Å². The number of piperidine rings is 1. The Balaban J connectivity index is 2.08. The Morgan fingerprint density at radius 1 is 1.41 bits per heavy atom. The predicted molar refractivity (Wildman–Crippen MR) is 64.7 cm³/mol. The summed E-state index contributed by atoms with van der Waals surface area (Å²) in [6, 6.07) is 0.467. The molecule has 4 heteroatoms. The molecule has 0 radical (unpaired) electrons. The van der Waals surface area contributed by atoms with Gasteiger partial charge in [0.15, 0.2) is 0 Å². The number of carbonyl (C=O) groups is 1. The van der Waals surface area contributed by atoms with E-state index in [9.17, 15) is 9.90 Å². The SMILES string of the molecule is CC(C)(C)OC(=O)N1[C@H]2CCC[C@@H]1[C@@H](CO)C2. The van der Waals surface area contributed by atoms with Gasteiger partial charge < -0.3 is 14.7 Å². The van der Waals surface area contributed by atoms with E-state index in [1.165, 1.54) is 0 Å². The quantitative estimate of drug-likeness (QED) is 0.765. The van der Waals surface area contributed by atoms with E-state index in [4.69, 9.17) is 4.74 Å². The van der Waals surface area contributed by atoms with Crippen LogP contribution in [-0.4, -0.2) is 40.4 Å². The van der Waals surface area contributed by atoms with Crippen molar-refractivity contribution in [1.29, 1.82) is 0 Å². The highest BCUT2D eigenvalue weighted by Gasteiger charge is 2.46. The molecule has 2 heterocycles. The van der Waals surface area contributed by atoms with Gasteiger partial charge >= 0.3 is 6.09 Å². The van der Waals surface area contributed by atoms with Crippen LogP contribution in [0.3, 0.4) is 0 Å². The molecule has 2 bridgehead atoms. The van der Waals surface area contributed by atoms with Gasteiger partial charge in [-0.3, -0.25) is 0 Å². The number of aliphatic hydroxyl groups excluding tert-OH is 1. The fourth-order valence-corrected chi connectivity index (χ4v) is 3.11. The number of fused-ring (bicyclic) bond motifs is 2. The van der Waals surface area contributed by atoms with Crippen molar-refractivity contribution < 1.29 is 14.6 Å². The summed E-state index contributed by atoms with van der Waals surface area (Å²) in [5.41, 5.74) is -0.442. The van der Waals surface area contributed by atoms with Crippen LogP contribution in [0.25, 0.3) is 0 Å². The summed E-state index contributed by atoms with van der Waals surface area (Å²) in [5, 5.41) is 9.37. The third kappa shape index (κ3) is 2.57. The molecule has 0 aliphatic carbocycles. The minimum Gasteiger partial charge on any atom is -0.444 e. The van der Waals surface area contributed by atoms with Crippen LogP contribution in [0.2, 0.25) is 0 Å². The van der Waals surface area contributed by atoms with Crippen molar-refractivity contribution in [2.45, 2.75) is 64.1 Å². The van der Waals surface area contributed by atoms with Gasteiger partial charge in [0.25, 0.3) is 0 Å². The van der Waals surface area contributed by atoms with E-state index in [1.807, 2.05) is 25.7 Å². The summed E-state index contributed by atoms with van der Waals surface area (Å²) < 4.78 is 5.46. The Morgan fingerprint density at radius 2 is 2.12 bits per heavy atom. The largest absolute Gasteiger partial charge is 0.444 e. The summed E-state index contributed by atoms with van der Waals surface area (Å²) in [6.07, 6.45) is 3.93. The third-order valence-electron chi connectivity index (χ3n) is 3.75. The lowest BCUT2D eigenvalue weighted by molar-refractivity contribution is 0.00447. The maximum absolute atomic E-state index is 12.2. The molecule has 0 spiro atoms. The van der Waals surface area contributed by atoms with E-state index in [2.05, 4.69) is 0 Å². The molecule has 0 saturated carbocycles. The van der Waals surface area contributed by atoms with Crippen LogP contribution in [0.4, 0.5) is 4.79 Å². The topological polar surface area (TPSA) is 49.8 Å². The fraction of sp³-hybridized carbons (Fsp3) is 0.923. The second-order valence-electron chi connectivity index (χ2n) is 6.22. The van der Waals surface area contributed by atoms with Crippen LogP contribution >= 0.6 is 0 Å². The maximum Gasteiger partial charge on any atom is 0.410 e. The van der Waals surface area contributed by atoms with E-state index in [-0.39, 0.29) is 30.7 Å². The number of rotatable bonds is 1. The zero-order chi connectivity index (χ0) is 12.6. The van der Waals surface area contributed by atoms with Crippen LogP contribution < -0.4 is 0 Å². The van der Waals surface area contributed by atoms with Crippen molar-refractivity contribution in [2.24, 2.45) is 5.92 Å². The third-order valence-corrected chi connectivity index (χ3v) is 3.75. The van der Waals surface area contributed by atoms with Crippen LogP contribution in [-0.2, 0) is 4.74 Å². The van der Waals surface area contributed by atoms with Gasteiger partial charge in [0.1, 0.15) is 5.60 Å². The van der Waals surface area contributed by atoms with Crippen LogP contribution in [0.1, 0.15) is 46.5 Å². The van der Waals surface area contributed by atoms with Crippen molar-refractivity contribution in [3.8, 4) is 0 Å². The first-order valence-electron chi connectivity index (χ1n) is 6.54. The molecule has 4 nitrogen and oxygen atoms in total. The Labute approximate surface area is 103 Å². The molecule has 0 aromatic rings. The molecule has 2 aliphatic rings. The second kappa shape index (κ2) is 4.48. The summed E-state index contributed by atoms with van der Waals surface area (Å²) in [5.74, 6) is 0.245. The van der Waals surface area contributed by atoms with E-state index in [0.29, 0.717) is 0 Å². The number of ether oxygens (including phenoxy) is 1. The Hall–Kier alpha value is -0.770. The van der Waals surface area contributed by atoms with Crippen molar-refractivity contribution in [1.82, 2.24) is 4.90 Å². The number of nitrogens with zero attached hydrogens (tertiary/aromatic N) is 1. The van der Waals surface area contributed by atoms with Gasteiger partial charge in [-0.25, -0.2) is 4.79 Å². The van der Waals surface area contributed by atoms with Gasteiger partial charge in [0.2, 0.25) is 0 Å². The Bertz CT molecular complexity index is 298. The second-order valence-corrected chi connectivity index (χ2v) is 6.22.